The topological polar surface area (TPSA) is 305 Å². The molecule has 0 aliphatic rings. The van der Waals surface area contributed by atoms with Crippen molar-refractivity contribution >= 4 is 74.4 Å². The van der Waals surface area contributed by atoms with E-state index in [9.17, 15) is 46.4 Å². The van der Waals surface area contributed by atoms with Crippen molar-refractivity contribution in [3.63, 3.8) is 0 Å². The summed E-state index contributed by atoms with van der Waals surface area (Å²) in [4.78, 5) is 23.8. The maximum atomic E-state index is 12.6. The van der Waals surface area contributed by atoms with E-state index in [0.29, 0.717) is 0 Å². The molecule has 0 bridgehead atoms. The number of aromatic amines is 2. The Morgan fingerprint density at radius 2 is 1.12 bits per heavy atom. The van der Waals surface area contributed by atoms with Crippen LogP contribution in [0.1, 0.15) is 11.1 Å². The molecule has 0 aliphatic carbocycles. The average molecular weight is 784 g/mol. The number of aliphatic hydroxyl groups excluding tert-OH is 4. The lowest BCUT2D eigenvalue weighted by Crippen LogP contribution is -2.31. The predicted octanol–water partition coefficient (Wildman–Crippen LogP) is 0.544. The molecule has 0 amide bonds. The van der Waals surface area contributed by atoms with Crippen LogP contribution in [0, 0.1) is 9.54 Å². The van der Waals surface area contributed by atoms with Crippen LogP contribution >= 0.6 is 24.4 Å². The minimum atomic E-state index is -4.97. The zero-order valence-electron chi connectivity index (χ0n) is 26.4. The Bertz CT molecular complexity index is 2250. The van der Waals surface area contributed by atoms with Gasteiger partial charge >= 0.3 is 0 Å². The van der Waals surface area contributed by atoms with E-state index in [0.717, 1.165) is 24.3 Å². The summed E-state index contributed by atoms with van der Waals surface area (Å²) in [6.45, 7) is -0.812. The summed E-state index contributed by atoms with van der Waals surface area (Å²) in [6, 6.07) is 6.15. The molecule has 0 unspecified atom stereocenters. The van der Waals surface area contributed by atoms with Gasteiger partial charge in [0.2, 0.25) is 21.4 Å². The summed E-state index contributed by atoms with van der Waals surface area (Å²) in [5.74, 6) is 0.278. The molecule has 2 heterocycles. The lowest BCUT2D eigenvalue weighted by atomic mass is 10.1. The number of rotatable bonds is 16. The van der Waals surface area contributed by atoms with Gasteiger partial charge in [0.25, 0.3) is 20.2 Å². The van der Waals surface area contributed by atoms with Crippen molar-refractivity contribution in [1.82, 2.24) is 29.9 Å². The zero-order valence-corrected chi connectivity index (χ0v) is 29.7. The molecule has 274 valence electrons. The van der Waals surface area contributed by atoms with Crippen LogP contribution in [0.5, 0.6) is 0 Å². The maximum absolute atomic E-state index is 12.6. The Kier molecular flexibility index (Phi) is 13.0. The molecule has 0 aliphatic heterocycles. The SMILES string of the molecule is Nc1cc(-c2nc(=S)nc(N(CCO)CCO)[nH]2)cc(S(=O)(=O)O)c1C=Cc1ccc(-c2nc(=S)nc(N(CCO)CCO)[nH]2)cc1S(=O)(=O)O. The highest BCUT2D eigenvalue weighted by molar-refractivity contribution is 7.86. The number of hydrogen-bond acceptors (Lipinski definition) is 17. The van der Waals surface area contributed by atoms with Crippen LogP contribution < -0.4 is 15.5 Å². The van der Waals surface area contributed by atoms with E-state index in [-0.39, 0.29) is 114 Å². The van der Waals surface area contributed by atoms with Gasteiger partial charge in [0.15, 0.2) is 0 Å². The molecule has 23 heteroatoms. The standard InChI is InChI=1S/C28H33N9O10S4/c29-20-13-18(24-31-26(35-28(49)33-24)37(7-11-40)8-12-41)15-22(51(45,46)47)19(20)4-3-16-1-2-17(14-21(16)50(42,43)44)23-30-25(34-27(48)32-23)36(5-9-38)6-10-39/h1-4,13-15,38-41H,5-12,29H2,(H,42,43,44)(H,45,46,47)(H,30,32,34,48)(H,31,33,35,49). The highest BCUT2D eigenvalue weighted by Crippen LogP contribution is 2.32. The van der Waals surface area contributed by atoms with Gasteiger partial charge in [-0.3, -0.25) is 9.11 Å². The Labute approximate surface area is 301 Å². The molecule has 2 aromatic heterocycles. The van der Waals surface area contributed by atoms with E-state index in [1.165, 1.54) is 28.0 Å². The molecule has 0 fully saturated rings. The van der Waals surface area contributed by atoms with Crippen molar-refractivity contribution in [2.45, 2.75) is 9.79 Å². The normalized spacial score (nSPS) is 12.0. The smallest absolute Gasteiger partial charge is 0.295 e. The van der Waals surface area contributed by atoms with Crippen molar-refractivity contribution in [2.75, 3.05) is 68.1 Å². The third-order valence-electron chi connectivity index (χ3n) is 7.08. The summed E-state index contributed by atoms with van der Waals surface area (Å²) >= 11 is 10.3. The Morgan fingerprint density at radius 3 is 1.57 bits per heavy atom. The van der Waals surface area contributed by atoms with Crippen LogP contribution in [0.3, 0.4) is 0 Å². The van der Waals surface area contributed by atoms with Gasteiger partial charge in [0.1, 0.15) is 21.4 Å². The van der Waals surface area contributed by atoms with Crippen molar-refractivity contribution in [2.24, 2.45) is 0 Å². The summed E-state index contributed by atoms with van der Waals surface area (Å²) in [6.07, 6.45) is 2.28. The number of anilines is 3. The minimum Gasteiger partial charge on any atom is -0.398 e. The van der Waals surface area contributed by atoms with Gasteiger partial charge in [0.05, 0.1) is 26.4 Å². The molecular formula is C28H33N9O10S4. The lowest BCUT2D eigenvalue weighted by Gasteiger charge is -2.21. The Balaban J connectivity index is 1.81. The van der Waals surface area contributed by atoms with Crippen LogP contribution in [0.15, 0.2) is 40.1 Å². The number of benzene rings is 2. The summed E-state index contributed by atoms with van der Waals surface area (Å²) < 4.78 is 70.2. The quantitative estimate of drug-likeness (QED) is 0.0324. The fourth-order valence-electron chi connectivity index (χ4n) is 4.84. The van der Waals surface area contributed by atoms with Crippen LogP contribution in [-0.2, 0) is 20.2 Å². The largest absolute Gasteiger partial charge is 0.398 e. The van der Waals surface area contributed by atoms with E-state index < -0.39 is 30.0 Å². The van der Waals surface area contributed by atoms with Gasteiger partial charge in [-0.2, -0.15) is 26.8 Å². The predicted molar refractivity (Wildman–Crippen MR) is 191 cm³/mol. The molecule has 0 saturated carbocycles. The third-order valence-corrected chi connectivity index (χ3v) is 9.25. The van der Waals surface area contributed by atoms with Crippen LogP contribution in [0.4, 0.5) is 17.6 Å². The molecule has 4 rings (SSSR count). The van der Waals surface area contributed by atoms with E-state index in [1.54, 1.807) is 0 Å². The van der Waals surface area contributed by atoms with Crippen molar-refractivity contribution in [1.29, 1.82) is 0 Å². The molecule has 4 aromatic rings. The molecule has 19 nitrogen and oxygen atoms in total. The van der Waals surface area contributed by atoms with Crippen LogP contribution in [-0.4, -0.2) is 129 Å². The number of nitrogen functional groups attached to an aromatic ring is 1. The lowest BCUT2D eigenvalue weighted by molar-refractivity contribution is 0.279. The van der Waals surface area contributed by atoms with Crippen molar-refractivity contribution < 1.29 is 46.4 Å². The fourth-order valence-corrected chi connectivity index (χ4v) is 6.65. The minimum absolute atomic E-state index is 0.00924. The zero-order chi connectivity index (χ0) is 37.5. The molecule has 0 saturated heterocycles. The first-order valence-corrected chi connectivity index (χ1v) is 18.4. The van der Waals surface area contributed by atoms with E-state index in [4.69, 9.17) is 30.2 Å². The number of hydrogen-bond donors (Lipinski definition) is 9. The van der Waals surface area contributed by atoms with Gasteiger partial charge in [-0.15, -0.1) is 0 Å². The number of nitrogens with zero attached hydrogens (tertiary/aromatic N) is 6. The molecule has 0 atom stereocenters. The Morgan fingerprint density at radius 1 is 0.667 bits per heavy atom. The van der Waals surface area contributed by atoms with Crippen LogP contribution in [0.2, 0.25) is 0 Å². The van der Waals surface area contributed by atoms with E-state index >= 15 is 0 Å². The van der Waals surface area contributed by atoms with Crippen molar-refractivity contribution in [3.8, 4) is 22.8 Å². The monoisotopic (exact) mass is 783 g/mol. The highest BCUT2D eigenvalue weighted by Gasteiger charge is 2.22. The fraction of sp³-hybridized carbons (Fsp3) is 0.286. The molecule has 2 aromatic carbocycles. The first-order valence-electron chi connectivity index (χ1n) is 14.7. The second-order valence-electron chi connectivity index (χ2n) is 10.5. The second-order valence-corrected chi connectivity index (χ2v) is 14.0. The molecule has 0 spiro atoms. The Hall–Kier alpha value is -4.30. The van der Waals surface area contributed by atoms with E-state index in [1.807, 2.05) is 0 Å². The number of H-pyrrole nitrogens is 2. The van der Waals surface area contributed by atoms with Gasteiger partial charge < -0.3 is 45.9 Å². The first kappa shape index (κ1) is 39.5. The third kappa shape index (κ3) is 9.94. The first-order chi connectivity index (χ1) is 24.1. The summed E-state index contributed by atoms with van der Waals surface area (Å²) in [7, 11) is -9.88. The van der Waals surface area contributed by atoms with Gasteiger partial charge in [0, 0.05) is 48.6 Å². The maximum Gasteiger partial charge on any atom is 0.295 e. The van der Waals surface area contributed by atoms with Gasteiger partial charge in [-0.25, -0.2) is 9.97 Å². The summed E-state index contributed by atoms with van der Waals surface area (Å²) in [5.41, 5.74) is 5.91. The van der Waals surface area contributed by atoms with Gasteiger partial charge in [-0.05, 0) is 48.2 Å². The average Bonchev–Trinajstić information content (AvgIpc) is 3.05. The number of nitrogens with one attached hydrogen (secondary N) is 2. The highest BCUT2D eigenvalue weighted by atomic mass is 32.2. The molecule has 51 heavy (non-hydrogen) atoms. The molecule has 0 radical (unpaired) electrons. The number of aromatic nitrogens is 6. The van der Waals surface area contributed by atoms with E-state index in [2.05, 4.69) is 29.9 Å². The van der Waals surface area contributed by atoms with Crippen LogP contribution in [0.25, 0.3) is 34.9 Å². The number of aliphatic hydroxyl groups is 4. The molecule has 10 N–H and O–H groups in total. The summed E-state index contributed by atoms with van der Waals surface area (Å²) in [5, 5.41) is 37.6. The van der Waals surface area contributed by atoms with Gasteiger partial charge in [-0.1, -0.05) is 24.3 Å². The van der Waals surface area contributed by atoms with Crippen molar-refractivity contribution in [3.05, 3.63) is 51.0 Å². The molecular weight excluding hydrogens is 751 g/mol. The number of nitrogens with two attached hydrogens (primary N) is 1. The second kappa shape index (κ2) is 16.8.